The number of nitrogens with one attached hydrogen (secondary N) is 1. The van der Waals surface area contributed by atoms with Gasteiger partial charge in [-0.2, -0.15) is 0 Å². The quantitative estimate of drug-likeness (QED) is 0.890. The minimum absolute atomic E-state index is 0.0336. The molecule has 1 amide bonds. The number of carbonyl (C=O) groups excluding carboxylic acids is 1. The zero-order valence-corrected chi connectivity index (χ0v) is 9.92. The SMILES string of the molecule is O=C(O)c1ccc(NC(=O)c2ccc(=O)oc2)c(F)c1. The third kappa shape index (κ3) is 2.89. The third-order valence-electron chi connectivity index (χ3n) is 2.43. The molecule has 2 aromatic rings. The van der Waals surface area contributed by atoms with Crippen molar-refractivity contribution in [3.8, 4) is 0 Å². The van der Waals surface area contributed by atoms with E-state index >= 15 is 0 Å². The Morgan fingerprint density at radius 2 is 1.85 bits per heavy atom. The van der Waals surface area contributed by atoms with Gasteiger partial charge in [-0.05, 0) is 24.3 Å². The fourth-order valence-corrected chi connectivity index (χ4v) is 1.43. The van der Waals surface area contributed by atoms with Crippen LogP contribution in [0.2, 0.25) is 0 Å². The van der Waals surface area contributed by atoms with E-state index in [1.807, 2.05) is 0 Å². The first kappa shape index (κ1) is 13.5. The second-order valence-corrected chi connectivity index (χ2v) is 3.80. The van der Waals surface area contributed by atoms with Crippen molar-refractivity contribution >= 4 is 17.6 Å². The van der Waals surface area contributed by atoms with Gasteiger partial charge in [0.15, 0.2) is 0 Å². The first-order chi connectivity index (χ1) is 9.47. The Kier molecular flexibility index (Phi) is 3.60. The van der Waals surface area contributed by atoms with Crippen LogP contribution in [0, 0.1) is 5.82 Å². The van der Waals surface area contributed by atoms with Gasteiger partial charge in [0.2, 0.25) is 0 Å². The number of anilines is 1. The molecule has 2 rings (SSSR count). The minimum atomic E-state index is -1.27. The van der Waals surface area contributed by atoms with Crippen LogP contribution in [-0.2, 0) is 0 Å². The molecular weight excluding hydrogens is 269 g/mol. The Labute approximate surface area is 111 Å². The molecule has 0 saturated heterocycles. The first-order valence-electron chi connectivity index (χ1n) is 5.40. The van der Waals surface area contributed by atoms with E-state index in [9.17, 15) is 18.8 Å². The number of halogens is 1. The lowest BCUT2D eigenvalue weighted by Crippen LogP contribution is -2.14. The van der Waals surface area contributed by atoms with Crippen molar-refractivity contribution < 1.29 is 23.5 Å². The Morgan fingerprint density at radius 3 is 2.40 bits per heavy atom. The summed E-state index contributed by atoms with van der Waals surface area (Å²) in [5.74, 6) is -2.84. The molecule has 0 saturated carbocycles. The van der Waals surface area contributed by atoms with Crippen LogP contribution in [0.4, 0.5) is 10.1 Å². The number of benzene rings is 1. The Balaban J connectivity index is 2.21. The van der Waals surface area contributed by atoms with Crippen LogP contribution in [0.5, 0.6) is 0 Å². The molecule has 0 aliphatic rings. The van der Waals surface area contributed by atoms with E-state index in [4.69, 9.17) is 5.11 Å². The third-order valence-corrected chi connectivity index (χ3v) is 2.43. The number of carboxylic acids is 1. The molecule has 102 valence electrons. The summed E-state index contributed by atoms with van der Waals surface area (Å²) in [4.78, 5) is 33.1. The van der Waals surface area contributed by atoms with Crippen molar-refractivity contribution in [3.05, 3.63) is 64.0 Å². The zero-order chi connectivity index (χ0) is 14.7. The van der Waals surface area contributed by atoms with Crippen LogP contribution < -0.4 is 10.9 Å². The molecule has 0 fully saturated rings. The van der Waals surface area contributed by atoms with Crippen LogP contribution in [-0.4, -0.2) is 17.0 Å². The lowest BCUT2D eigenvalue weighted by Gasteiger charge is -2.06. The summed E-state index contributed by atoms with van der Waals surface area (Å²) in [6.45, 7) is 0. The molecule has 0 unspecified atom stereocenters. The van der Waals surface area contributed by atoms with E-state index < -0.39 is 23.3 Å². The lowest BCUT2D eigenvalue weighted by atomic mass is 10.2. The molecule has 0 aliphatic carbocycles. The van der Waals surface area contributed by atoms with Crippen molar-refractivity contribution in [2.75, 3.05) is 5.32 Å². The molecule has 2 N–H and O–H groups in total. The second-order valence-electron chi connectivity index (χ2n) is 3.80. The van der Waals surface area contributed by atoms with Crippen LogP contribution in [0.1, 0.15) is 20.7 Å². The zero-order valence-electron chi connectivity index (χ0n) is 9.92. The van der Waals surface area contributed by atoms with E-state index in [1.165, 1.54) is 6.07 Å². The van der Waals surface area contributed by atoms with Crippen molar-refractivity contribution in [2.24, 2.45) is 0 Å². The summed E-state index contributed by atoms with van der Waals surface area (Å²) < 4.78 is 18.1. The van der Waals surface area contributed by atoms with Gasteiger partial charge in [-0.3, -0.25) is 4.79 Å². The molecule has 7 heteroatoms. The first-order valence-corrected chi connectivity index (χ1v) is 5.40. The molecular formula is C13H8FNO5. The highest BCUT2D eigenvalue weighted by Crippen LogP contribution is 2.16. The monoisotopic (exact) mass is 277 g/mol. The number of rotatable bonds is 3. The number of hydrogen-bond donors (Lipinski definition) is 2. The summed E-state index contributed by atoms with van der Waals surface area (Å²) in [6.07, 6.45) is 0.946. The predicted molar refractivity (Wildman–Crippen MR) is 66.3 cm³/mol. The molecule has 1 aromatic carbocycles. The molecule has 0 atom stereocenters. The van der Waals surface area contributed by atoms with Gasteiger partial charge in [-0.1, -0.05) is 0 Å². The summed E-state index contributed by atoms with van der Waals surface area (Å²) in [5.41, 5.74) is -0.984. The molecule has 1 heterocycles. The number of carboxylic acid groups (broad SMARTS) is 1. The lowest BCUT2D eigenvalue weighted by molar-refractivity contribution is 0.0696. The van der Waals surface area contributed by atoms with E-state index in [2.05, 4.69) is 9.73 Å². The molecule has 0 aliphatic heterocycles. The highest BCUT2D eigenvalue weighted by Gasteiger charge is 2.12. The summed E-state index contributed by atoms with van der Waals surface area (Å²) in [7, 11) is 0. The molecule has 1 aromatic heterocycles. The average Bonchev–Trinajstić information content (AvgIpc) is 2.41. The second kappa shape index (κ2) is 5.35. The van der Waals surface area contributed by atoms with Crippen molar-refractivity contribution in [1.82, 2.24) is 0 Å². The number of aromatic carboxylic acids is 1. The Hall–Kier alpha value is -2.96. The fraction of sp³-hybridized carbons (Fsp3) is 0. The summed E-state index contributed by atoms with van der Waals surface area (Å²) >= 11 is 0. The topological polar surface area (TPSA) is 96.6 Å². The van der Waals surface area contributed by atoms with Gasteiger partial charge in [0, 0.05) is 6.07 Å². The van der Waals surface area contributed by atoms with Gasteiger partial charge in [-0.15, -0.1) is 0 Å². The summed E-state index contributed by atoms with van der Waals surface area (Å²) in [6, 6.07) is 5.37. The van der Waals surface area contributed by atoms with Crippen LogP contribution in [0.3, 0.4) is 0 Å². The standard InChI is InChI=1S/C13H8FNO5/c14-9-5-7(13(18)19)1-3-10(9)15-12(17)8-2-4-11(16)20-6-8/h1-6H,(H,15,17)(H,18,19). The smallest absolute Gasteiger partial charge is 0.335 e. The normalized spacial score (nSPS) is 10.1. The van der Waals surface area contributed by atoms with Crippen LogP contribution >= 0.6 is 0 Å². The van der Waals surface area contributed by atoms with Crippen LogP contribution in [0.25, 0.3) is 0 Å². The molecule has 0 radical (unpaired) electrons. The molecule has 0 spiro atoms. The maximum Gasteiger partial charge on any atom is 0.335 e. The summed E-state index contributed by atoms with van der Waals surface area (Å²) in [5, 5.41) is 10.9. The molecule has 0 bridgehead atoms. The van der Waals surface area contributed by atoms with E-state index in [1.54, 1.807) is 0 Å². The maximum absolute atomic E-state index is 13.6. The van der Waals surface area contributed by atoms with Gasteiger partial charge in [-0.25, -0.2) is 14.0 Å². The van der Waals surface area contributed by atoms with Gasteiger partial charge in [0.1, 0.15) is 12.1 Å². The Morgan fingerprint density at radius 1 is 1.15 bits per heavy atom. The van der Waals surface area contributed by atoms with Gasteiger partial charge < -0.3 is 14.8 Å². The minimum Gasteiger partial charge on any atom is -0.478 e. The largest absolute Gasteiger partial charge is 0.478 e. The van der Waals surface area contributed by atoms with Crippen molar-refractivity contribution in [2.45, 2.75) is 0 Å². The fourth-order valence-electron chi connectivity index (χ4n) is 1.43. The highest BCUT2D eigenvalue weighted by atomic mass is 19.1. The van der Waals surface area contributed by atoms with Crippen LogP contribution in [0.15, 0.2) is 45.8 Å². The Bertz CT molecular complexity index is 717. The number of amides is 1. The highest BCUT2D eigenvalue weighted by molar-refractivity contribution is 6.04. The maximum atomic E-state index is 13.6. The van der Waals surface area contributed by atoms with E-state index in [0.717, 1.165) is 30.5 Å². The van der Waals surface area contributed by atoms with E-state index in [-0.39, 0.29) is 16.8 Å². The van der Waals surface area contributed by atoms with Gasteiger partial charge >= 0.3 is 11.6 Å². The number of hydrogen-bond acceptors (Lipinski definition) is 4. The molecule has 20 heavy (non-hydrogen) atoms. The molecule has 6 nitrogen and oxygen atoms in total. The van der Waals surface area contributed by atoms with Crippen molar-refractivity contribution in [1.29, 1.82) is 0 Å². The van der Waals surface area contributed by atoms with Crippen molar-refractivity contribution in [3.63, 3.8) is 0 Å². The van der Waals surface area contributed by atoms with Gasteiger partial charge in [0.25, 0.3) is 5.91 Å². The van der Waals surface area contributed by atoms with E-state index in [0.29, 0.717) is 0 Å². The number of carbonyl (C=O) groups is 2. The average molecular weight is 277 g/mol. The predicted octanol–water partition coefficient (Wildman–Crippen LogP) is 1.73. The van der Waals surface area contributed by atoms with Gasteiger partial charge in [0.05, 0.1) is 16.8 Å².